The molecular formula is C22H28N4O2. The number of anilines is 1. The van der Waals surface area contributed by atoms with Crippen molar-refractivity contribution in [1.82, 2.24) is 15.3 Å². The first-order valence-electron chi connectivity index (χ1n) is 10.2. The van der Waals surface area contributed by atoms with Gasteiger partial charge in [-0.2, -0.15) is 0 Å². The van der Waals surface area contributed by atoms with Crippen LogP contribution in [0.15, 0.2) is 36.7 Å². The molecule has 0 unspecified atom stereocenters. The van der Waals surface area contributed by atoms with Crippen LogP contribution in [0.25, 0.3) is 0 Å². The highest BCUT2D eigenvalue weighted by Gasteiger charge is 2.26. The quantitative estimate of drug-likeness (QED) is 0.864. The standard InChI is InChI=1S/C22H28N4O2/c1-16-2-4-17(5-3-16)13-23-22(27)18-6-9-26(10-7-18)21-12-20(24-15-25-21)19-8-11-28-14-19/h2-5,12,15,18-19H,6-11,13-14H2,1H3,(H,23,27)/t19-/m0/s1. The zero-order valence-corrected chi connectivity index (χ0v) is 16.4. The van der Waals surface area contributed by atoms with Crippen LogP contribution in [0.5, 0.6) is 0 Å². The molecule has 2 saturated heterocycles. The van der Waals surface area contributed by atoms with E-state index in [1.807, 2.05) is 0 Å². The Morgan fingerprint density at radius 1 is 1.18 bits per heavy atom. The number of amides is 1. The number of hydrogen-bond acceptors (Lipinski definition) is 5. The van der Waals surface area contributed by atoms with Gasteiger partial charge in [0.15, 0.2) is 0 Å². The first-order chi connectivity index (χ1) is 13.7. The molecule has 2 fully saturated rings. The molecule has 6 nitrogen and oxygen atoms in total. The van der Waals surface area contributed by atoms with Gasteiger partial charge in [-0.1, -0.05) is 29.8 Å². The fraction of sp³-hybridized carbons (Fsp3) is 0.500. The molecule has 1 aromatic heterocycles. The smallest absolute Gasteiger partial charge is 0.223 e. The summed E-state index contributed by atoms with van der Waals surface area (Å²) in [7, 11) is 0. The van der Waals surface area contributed by atoms with Gasteiger partial charge in [-0.05, 0) is 31.7 Å². The second kappa shape index (κ2) is 8.69. The molecule has 2 aliphatic heterocycles. The van der Waals surface area contributed by atoms with Gasteiger partial charge in [0.2, 0.25) is 5.91 Å². The van der Waals surface area contributed by atoms with Gasteiger partial charge in [0.25, 0.3) is 0 Å². The van der Waals surface area contributed by atoms with Gasteiger partial charge < -0.3 is 15.0 Å². The van der Waals surface area contributed by atoms with Gasteiger partial charge >= 0.3 is 0 Å². The van der Waals surface area contributed by atoms with E-state index in [-0.39, 0.29) is 11.8 Å². The lowest BCUT2D eigenvalue weighted by molar-refractivity contribution is -0.125. The molecule has 1 amide bonds. The van der Waals surface area contributed by atoms with Crippen LogP contribution in [0, 0.1) is 12.8 Å². The van der Waals surface area contributed by atoms with Crippen LogP contribution in [-0.4, -0.2) is 42.2 Å². The molecule has 1 N–H and O–H groups in total. The van der Waals surface area contributed by atoms with E-state index in [2.05, 4.69) is 57.4 Å². The molecule has 148 valence electrons. The molecule has 0 bridgehead atoms. The van der Waals surface area contributed by atoms with E-state index in [1.54, 1.807) is 6.33 Å². The number of piperidine rings is 1. The highest BCUT2D eigenvalue weighted by Crippen LogP contribution is 2.27. The molecule has 1 atom stereocenters. The lowest BCUT2D eigenvalue weighted by atomic mass is 9.95. The van der Waals surface area contributed by atoms with E-state index in [0.29, 0.717) is 12.5 Å². The van der Waals surface area contributed by atoms with Gasteiger partial charge in [-0.3, -0.25) is 4.79 Å². The predicted molar refractivity (Wildman–Crippen MR) is 108 cm³/mol. The van der Waals surface area contributed by atoms with Crippen LogP contribution in [-0.2, 0) is 16.1 Å². The van der Waals surface area contributed by atoms with Crippen LogP contribution in [0.2, 0.25) is 0 Å². The minimum atomic E-state index is 0.0752. The Morgan fingerprint density at radius 3 is 2.68 bits per heavy atom. The maximum Gasteiger partial charge on any atom is 0.223 e. The average Bonchev–Trinajstić information content (AvgIpc) is 3.28. The third-order valence-corrected chi connectivity index (χ3v) is 5.80. The van der Waals surface area contributed by atoms with E-state index >= 15 is 0 Å². The number of carbonyl (C=O) groups is 1. The Balaban J connectivity index is 1.28. The molecule has 6 heteroatoms. The van der Waals surface area contributed by atoms with Gasteiger partial charge in [0.1, 0.15) is 12.1 Å². The summed E-state index contributed by atoms with van der Waals surface area (Å²) in [5, 5.41) is 3.09. The van der Waals surface area contributed by atoms with E-state index in [4.69, 9.17) is 4.74 Å². The molecule has 1 aromatic carbocycles. The highest BCUT2D eigenvalue weighted by atomic mass is 16.5. The largest absolute Gasteiger partial charge is 0.381 e. The summed E-state index contributed by atoms with van der Waals surface area (Å²) in [6, 6.07) is 10.4. The fourth-order valence-corrected chi connectivity index (χ4v) is 3.94. The van der Waals surface area contributed by atoms with E-state index in [0.717, 1.165) is 62.6 Å². The van der Waals surface area contributed by atoms with Crippen LogP contribution < -0.4 is 10.2 Å². The second-order valence-corrected chi connectivity index (χ2v) is 7.83. The summed E-state index contributed by atoms with van der Waals surface area (Å²) in [4.78, 5) is 23.7. The summed E-state index contributed by atoms with van der Waals surface area (Å²) in [6.45, 7) is 5.92. The molecule has 28 heavy (non-hydrogen) atoms. The maximum atomic E-state index is 12.5. The van der Waals surface area contributed by atoms with Crippen molar-refractivity contribution in [1.29, 1.82) is 0 Å². The van der Waals surface area contributed by atoms with Gasteiger partial charge in [-0.15, -0.1) is 0 Å². The lowest BCUT2D eigenvalue weighted by Gasteiger charge is -2.32. The average molecular weight is 380 g/mol. The number of nitrogens with one attached hydrogen (secondary N) is 1. The number of hydrogen-bond donors (Lipinski definition) is 1. The number of nitrogens with zero attached hydrogens (tertiary/aromatic N) is 3. The Labute approximate surface area is 166 Å². The first kappa shape index (κ1) is 18.9. The summed E-state index contributed by atoms with van der Waals surface area (Å²) in [5.74, 6) is 1.58. The van der Waals surface area contributed by atoms with Crippen molar-refractivity contribution >= 4 is 11.7 Å². The summed E-state index contributed by atoms with van der Waals surface area (Å²) >= 11 is 0. The van der Waals surface area contributed by atoms with Crippen LogP contribution >= 0.6 is 0 Å². The third-order valence-electron chi connectivity index (χ3n) is 5.80. The predicted octanol–water partition coefficient (Wildman–Crippen LogP) is 2.82. The number of aryl methyl sites for hydroxylation is 1. The van der Waals surface area contributed by atoms with Gasteiger partial charge in [0.05, 0.1) is 12.3 Å². The van der Waals surface area contributed by atoms with Crippen molar-refractivity contribution < 1.29 is 9.53 Å². The minimum Gasteiger partial charge on any atom is -0.381 e. The fourth-order valence-electron chi connectivity index (χ4n) is 3.94. The summed E-state index contributed by atoms with van der Waals surface area (Å²) in [5.41, 5.74) is 3.44. The second-order valence-electron chi connectivity index (χ2n) is 7.83. The van der Waals surface area contributed by atoms with Crippen molar-refractivity contribution in [3.05, 3.63) is 53.5 Å². The van der Waals surface area contributed by atoms with Crippen molar-refractivity contribution in [3.63, 3.8) is 0 Å². The van der Waals surface area contributed by atoms with E-state index in [9.17, 15) is 4.79 Å². The molecule has 0 radical (unpaired) electrons. The molecule has 2 aromatic rings. The zero-order chi connectivity index (χ0) is 19.3. The Morgan fingerprint density at radius 2 is 1.96 bits per heavy atom. The number of rotatable bonds is 5. The molecular weight excluding hydrogens is 352 g/mol. The monoisotopic (exact) mass is 380 g/mol. The SMILES string of the molecule is Cc1ccc(CNC(=O)C2CCN(c3cc([C@H]4CCOC4)ncn3)CC2)cc1. The van der Waals surface area contributed by atoms with Crippen molar-refractivity contribution in [3.8, 4) is 0 Å². The van der Waals surface area contributed by atoms with Crippen molar-refractivity contribution in [2.45, 2.75) is 38.6 Å². The first-order valence-corrected chi connectivity index (χ1v) is 10.2. The number of benzene rings is 1. The maximum absolute atomic E-state index is 12.5. The van der Waals surface area contributed by atoms with Gasteiger partial charge in [0, 0.05) is 44.1 Å². The Kier molecular flexibility index (Phi) is 5.86. The molecule has 0 saturated carbocycles. The molecule has 4 rings (SSSR count). The summed E-state index contributed by atoms with van der Waals surface area (Å²) in [6.07, 6.45) is 4.39. The molecule has 0 spiro atoms. The van der Waals surface area contributed by atoms with Gasteiger partial charge in [-0.25, -0.2) is 9.97 Å². The third kappa shape index (κ3) is 4.50. The van der Waals surface area contributed by atoms with E-state index < -0.39 is 0 Å². The molecule has 2 aliphatic rings. The zero-order valence-electron chi connectivity index (χ0n) is 16.4. The molecule has 3 heterocycles. The lowest BCUT2D eigenvalue weighted by Crippen LogP contribution is -2.40. The van der Waals surface area contributed by atoms with Crippen LogP contribution in [0.4, 0.5) is 5.82 Å². The normalized spacial score (nSPS) is 20.3. The van der Waals surface area contributed by atoms with E-state index in [1.165, 1.54) is 5.56 Å². The Hall–Kier alpha value is -2.47. The Bertz CT molecular complexity index is 794. The minimum absolute atomic E-state index is 0.0752. The topological polar surface area (TPSA) is 67.4 Å². The van der Waals surface area contributed by atoms with Crippen molar-refractivity contribution in [2.75, 3.05) is 31.2 Å². The molecule has 0 aliphatic carbocycles. The van der Waals surface area contributed by atoms with Crippen molar-refractivity contribution in [2.24, 2.45) is 5.92 Å². The van der Waals surface area contributed by atoms with Crippen LogP contribution in [0.3, 0.4) is 0 Å². The number of ether oxygens (including phenoxy) is 1. The number of carbonyl (C=O) groups excluding carboxylic acids is 1. The summed E-state index contributed by atoms with van der Waals surface area (Å²) < 4.78 is 5.48. The number of aromatic nitrogens is 2. The highest BCUT2D eigenvalue weighted by molar-refractivity contribution is 5.79. The van der Waals surface area contributed by atoms with Crippen LogP contribution in [0.1, 0.15) is 42.0 Å².